The lowest BCUT2D eigenvalue weighted by molar-refractivity contribution is 0.356. The molecule has 1 fully saturated rings. The standard InChI is InChI=1S/C8H13N3O.ClH/c1-6-10-7(11-12-6)8(9)4-2-3-5-8;/h2-5,9H2,1H3;1H. The van der Waals surface area contributed by atoms with Gasteiger partial charge in [-0.3, -0.25) is 0 Å². The van der Waals surface area contributed by atoms with E-state index in [4.69, 9.17) is 10.3 Å². The minimum atomic E-state index is -0.308. The number of nitrogens with two attached hydrogens (primary N) is 1. The lowest BCUT2D eigenvalue weighted by Crippen LogP contribution is -2.34. The highest BCUT2D eigenvalue weighted by Crippen LogP contribution is 2.34. The molecule has 74 valence electrons. The number of rotatable bonds is 1. The number of nitrogens with zero attached hydrogens (tertiary/aromatic N) is 2. The van der Waals surface area contributed by atoms with E-state index in [-0.39, 0.29) is 17.9 Å². The first-order valence-corrected chi connectivity index (χ1v) is 4.30. The first kappa shape index (κ1) is 10.5. The highest BCUT2D eigenvalue weighted by atomic mass is 35.5. The van der Waals surface area contributed by atoms with Crippen LogP contribution >= 0.6 is 12.4 Å². The Kier molecular flexibility index (Phi) is 2.93. The largest absolute Gasteiger partial charge is 0.340 e. The molecule has 0 bridgehead atoms. The third-order valence-electron chi connectivity index (χ3n) is 2.47. The second-order valence-corrected chi connectivity index (χ2v) is 3.50. The number of hydrogen-bond donors (Lipinski definition) is 1. The molecule has 0 aromatic carbocycles. The van der Waals surface area contributed by atoms with Crippen molar-refractivity contribution in [2.75, 3.05) is 0 Å². The maximum Gasteiger partial charge on any atom is 0.223 e. The Balaban J connectivity index is 0.000000845. The number of hydrogen-bond acceptors (Lipinski definition) is 4. The first-order valence-electron chi connectivity index (χ1n) is 4.30. The van der Waals surface area contributed by atoms with Crippen molar-refractivity contribution in [3.8, 4) is 0 Å². The highest BCUT2D eigenvalue weighted by Gasteiger charge is 2.35. The summed E-state index contributed by atoms with van der Waals surface area (Å²) < 4.78 is 4.90. The van der Waals surface area contributed by atoms with Gasteiger partial charge in [0.15, 0.2) is 5.82 Å². The van der Waals surface area contributed by atoms with Crippen LogP contribution in [0.2, 0.25) is 0 Å². The monoisotopic (exact) mass is 203 g/mol. The van der Waals surface area contributed by atoms with Crippen molar-refractivity contribution in [2.45, 2.75) is 38.1 Å². The van der Waals surface area contributed by atoms with Crippen LogP contribution in [0.4, 0.5) is 0 Å². The van der Waals surface area contributed by atoms with E-state index in [0.717, 1.165) is 12.8 Å². The average Bonchev–Trinajstić information content (AvgIpc) is 2.59. The maximum atomic E-state index is 6.11. The smallest absolute Gasteiger partial charge is 0.223 e. The molecule has 1 aliphatic rings. The zero-order valence-electron chi connectivity index (χ0n) is 7.62. The van der Waals surface area contributed by atoms with Crippen molar-refractivity contribution in [3.05, 3.63) is 11.7 Å². The minimum absolute atomic E-state index is 0. The molecule has 2 N–H and O–H groups in total. The van der Waals surface area contributed by atoms with Crippen LogP contribution < -0.4 is 5.73 Å². The Hall–Kier alpha value is -0.610. The van der Waals surface area contributed by atoms with Gasteiger partial charge < -0.3 is 10.3 Å². The lowest BCUT2D eigenvalue weighted by Gasteiger charge is -2.17. The molecule has 2 rings (SSSR count). The molecule has 1 aromatic heterocycles. The second kappa shape index (κ2) is 3.64. The zero-order chi connectivity index (χ0) is 8.60. The van der Waals surface area contributed by atoms with E-state index in [0.29, 0.717) is 11.7 Å². The molecule has 0 spiro atoms. The topological polar surface area (TPSA) is 64.9 Å². The fourth-order valence-corrected chi connectivity index (χ4v) is 1.73. The zero-order valence-corrected chi connectivity index (χ0v) is 8.43. The summed E-state index contributed by atoms with van der Waals surface area (Å²) in [5, 5.41) is 3.86. The third-order valence-corrected chi connectivity index (χ3v) is 2.47. The molecule has 1 aromatic rings. The van der Waals surface area contributed by atoms with E-state index >= 15 is 0 Å². The molecule has 0 radical (unpaired) electrons. The number of aromatic nitrogens is 2. The van der Waals surface area contributed by atoms with E-state index in [9.17, 15) is 0 Å². The van der Waals surface area contributed by atoms with Gasteiger partial charge in [-0.15, -0.1) is 12.4 Å². The van der Waals surface area contributed by atoms with E-state index < -0.39 is 0 Å². The molecule has 0 atom stereocenters. The van der Waals surface area contributed by atoms with Crippen molar-refractivity contribution in [1.82, 2.24) is 10.1 Å². The van der Waals surface area contributed by atoms with Gasteiger partial charge in [0, 0.05) is 6.92 Å². The second-order valence-electron chi connectivity index (χ2n) is 3.50. The van der Waals surface area contributed by atoms with E-state index in [2.05, 4.69) is 10.1 Å². The molecular weight excluding hydrogens is 190 g/mol. The number of aryl methyl sites for hydroxylation is 1. The summed E-state index contributed by atoms with van der Waals surface area (Å²) in [7, 11) is 0. The molecule has 1 aliphatic carbocycles. The van der Waals surface area contributed by atoms with Gasteiger partial charge in [0.1, 0.15) is 0 Å². The summed E-state index contributed by atoms with van der Waals surface area (Å²) in [6.07, 6.45) is 4.30. The van der Waals surface area contributed by atoms with Crippen molar-refractivity contribution in [3.63, 3.8) is 0 Å². The summed E-state index contributed by atoms with van der Waals surface area (Å²) >= 11 is 0. The molecule has 0 aliphatic heterocycles. The predicted octanol–water partition coefficient (Wildman–Crippen LogP) is 1.53. The Bertz CT molecular complexity index is 281. The van der Waals surface area contributed by atoms with E-state index in [1.807, 2.05) is 0 Å². The van der Waals surface area contributed by atoms with Crippen molar-refractivity contribution in [1.29, 1.82) is 0 Å². The molecule has 4 nitrogen and oxygen atoms in total. The van der Waals surface area contributed by atoms with Gasteiger partial charge in [0.2, 0.25) is 5.89 Å². The third kappa shape index (κ3) is 1.84. The average molecular weight is 204 g/mol. The van der Waals surface area contributed by atoms with Crippen LogP contribution in [0.3, 0.4) is 0 Å². The van der Waals surface area contributed by atoms with Crippen LogP contribution in [0.5, 0.6) is 0 Å². The molecule has 0 unspecified atom stereocenters. The molecule has 0 amide bonds. The minimum Gasteiger partial charge on any atom is -0.340 e. The van der Waals surface area contributed by atoms with Gasteiger partial charge in [-0.05, 0) is 12.8 Å². The van der Waals surface area contributed by atoms with Crippen molar-refractivity contribution in [2.24, 2.45) is 5.73 Å². The lowest BCUT2D eigenvalue weighted by atomic mass is 9.99. The molecular formula is C8H14ClN3O. The molecule has 1 heterocycles. The van der Waals surface area contributed by atoms with Crippen LogP contribution in [0.25, 0.3) is 0 Å². The fourth-order valence-electron chi connectivity index (χ4n) is 1.73. The normalized spacial score (nSPS) is 19.8. The van der Waals surface area contributed by atoms with Gasteiger partial charge in [-0.1, -0.05) is 18.0 Å². The van der Waals surface area contributed by atoms with Crippen molar-refractivity contribution >= 4 is 12.4 Å². The fraction of sp³-hybridized carbons (Fsp3) is 0.750. The van der Waals surface area contributed by atoms with Gasteiger partial charge >= 0.3 is 0 Å². The summed E-state index contributed by atoms with van der Waals surface area (Å²) in [6.45, 7) is 1.79. The van der Waals surface area contributed by atoms with Crippen LogP contribution in [-0.2, 0) is 5.54 Å². The van der Waals surface area contributed by atoms with Crippen LogP contribution in [-0.4, -0.2) is 10.1 Å². The predicted molar refractivity (Wildman–Crippen MR) is 50.6 cm³/mol. The highest BCUT2D eigenvalue weighted by molar-refractivity contribution is 5.85. The quantitative estimate of drug-likeness (QED) is 0.752. The molecule has 5 heteroatoms. The van der Waals surface area contributed by atoms with Crippen LogP contribution in [0.15, 0.2) is 4.52 Å². The SMILES string of the molecule is Cc1nc(C2(N)CCCC2)no1.Cl. The summed E-state index contributed by atoms with van der Waals surface area (Å²) in [5.74, 6) is 1.28. The Morgan fingerprint density at radius 2 is 2.00 bits per heavy atom. The van der Waals surface area contributed by atoms with E-state index in [1.165, 1.54) is 12.8 Å². The summed E-state index contributed by atoms with van der Waals surface area (Å²) in [5.41, 5.74) is 5.80. The molecule has 0 saturated heterocycles. The van der Waals surface area contributed by atoms with Gasteiger partial charge in [0.25, 0.3) is 0 Å². The van der Waals surface area contributed by atoms with Gasteiger partial charge in [-0.2, -0.15) is 4.98 Å². The van der Waals surface area contributed by atoms with Gasteiger partial charge in [0.05, 0.1) is 5.54 Å². The molecule has 13 heavy (non-hydrogen) atoms. The number of halogens is 1. The van der Waals surface area contributed by atoms with E-state index in [1.54, 1.807) is 6.92 Å². The van der Waals surface area contributed by atoms with Crippen molar-refractivity contribution < 1.29 is 4.52 Å². The first-order chi connectivity index (χ1) is 5.71. The summed E-state index contributed by atoms with van der Waals surface area (Å²) in [6, 6.07) is 0. The van der Waals surface area contributed by atoms with Crippen LogP contribution in [0.1, 0.15) is 37.4 Å². The Morgan fingerprint density at radius 1 is 1.38 bits per heavy atom. The maximum absolute atomic E-state index is 6.11. The summed E-state index contributed by atoms with van der Waals surface area (Å²) in [4.78, 5) is 4.16. The molecule has 1 saturated carbocycles. The van der Waals surface area contributed by atoms with Crippen LogP contribution in [0, 0.1) is 6.92 Å². The van der Waals surface area contributed by atoms with Gasteiger partial charge in [-0.25, -0.2) is 0 Å². The Morgan fingerprint density at radius 3 is 2.46 bits per heavy atom. The Labute approximate surface area is 83.3 Å².